The zero-order chi connectivity index (χ0) is 26.7. The molecule has 4 amide bonds. The number of hydrogen-bond acceptors (Lipinski definition) is 11. The summed E-state index contributed by atoms with van der Waals surface area (Å²) < 4.78 is 1.46. The largest absolute Gasteiger partial charge is 0.477 e. The Labute approximate surface area is 223 Å². The molecule has 0 saturated carbocycles. The molecule has 3 atom stereocenters. The lowest BCUT2D eigenvalue weighted by atomic mass is 10.0. The number of rotatable bonds is 9. The second-order valence-corrected chi connectivity index (χ2v) is 11.0. The van der Waals surface area contributed by atoms with E-state index in [-0.39, 0.29) is 18.0 Å². The Morgan fingerprint density at radius 1 is 1.43 bits per heavy atom. The first-order valence-electron chi connectivity index (χ1n) is 10.7. The predicted molar refractivity (Wildman–Crippen MR) is 133 cm³/mol. The maximum absolute atomic E-state index is 13.2. The van der Waals surface area contributed by atoms with Crippen molar-refractivity contribution in [2.75, 3.05) is 25.1 Å². The number of carboxylic acids is 1. The van der Waals surface area contributed by atoms with E-state index in [1.807, 2.05) is 6.07 Å². The molecule has 1 saturated heterocycles. The molecule has 3 N–H and O–H groups in total. The van der Waals surface area contributed by atoms with Gasteiger partial charge in [-0.25, -0.2) is 14.3 Å². The van der Waals surface area contributed by atoms with Gasteiger partial charge in [0.25, 0.3) is 5.91 Å². The number of β-lactam (4-membered cyclic amide) rings is 1. The zero-order valence-electron chi connectivity index (χ0n) is 19.5. The quantitative estimate of drug-likeness (QED) is 0.212. The van der Waals surface area contributed by atoms with Crippen molar-refractivity contribution >= 4 is 58.7 Å². The maximum atomic E-state index is 13.2. The summed E-state index contributed by atoms with van der Waals surface area (Å²) in [5.74, 6) is -1.79. The van der Waals surface area contributed by atoms with Crippen LogP contribution in [-0.2, 0) is 21.4 Å². The first-order chi connectivity index (χ1) is 17.7. The van der Waals surface area contributed by atoms with Gasteiger partial charge in [-0.2, -0.15) is 5.26 Å². The molecule has 2 aliphatic heterocycles. The van der Waals surface area contributed by atoms with Gasteiger partial charge < -0.3 is 20.6 Å². The molecule has 0 aromatic carbocycles. The molecule has 0 radical (unpaired) electrons. The van der Waals surface area contributed by atoms with Crippen molar-refractivity contribution in [3.63, 3.8) is 0 Å². The second kappa shape index (κ2) is 11.2. The van der Waals surface area contributed by atoms with Crippen LogP contribution in [0.1, 0.15) is 10.9 Å². The maximum Gasteiger partial charge on any atom is 0.352 e. The molecule has 0 spiro atoms. The van der Waals surface area contributed by atoms with Gasteiger partial charge in [-0.15, -0.1) is 28.2 Å². The van der Waals surface area contributed by atoms with Crippen molar-refractivity contribution in [2.24, 2.45) is 7.05 Å². The highest BCUT2D eigenvalue weighted by Gasteiger charge is 2.54. The van der Waals surface area contributed by atoms with Crippen LogP contribution in [0.25, 0.3) is 0 Å². The van der Waals surface area contributed by atoms with Crippen LogP contribution < -0.4 is 10.6 Å². The monoisotopic (exact) mass is 563 g/mol. The number of hydrogen-bond donors (Lipinski definition) is 3. The second-order valence-electron chi connectivity index (χ2n) is 7.94. The third-order valence-electron chi connectivity index (χ3n) is 5.52. The number of nitrogens with zero attached hydrogens (tertiary/aromatic N) is 7. The summed E-state index contributed by atoms with van der Waals surface area (Å²) in [6.45, 7) is -0.169. The topological polar surface area (TPSA) is 186 Å². The predicted octanol–water partition coefficient (Wildman–Crippen LogP) is 0.00858. The standard InChI is InChI=1S/C20H21N9O5S3/c1-27(6-5-21)19(34)23-12(11-4-3-7-35-11)15(30)22-13-16(31)29-14(18(32)33)10(8-36-17(13)29)9-37-20-24-25-26-28(20)2/h3-4,7,12-13,17H,6,8-9H2,1-2H3,(H,22,30)(H,23,34)(H,32,33)/t12?,13-,17?/m1/s1. The lowest BCUT2D eigenvalue weighted by molar-refractivity contribution is -0.150. The van der Waals surface area contributed by atoms with E-state index in [0.717, 1.165) is 4.90 Å². The average molecular weight is 564 g/mol. The van der Waals surface area contributed by atoms with Gasteiger partial charge in [0.15, 0.2) is 0 Å². The summed E-state index contributed by atoms with van der Waals surface area (Å²) in [4.78, 5) is 53.6. The molecule has 4 rings (SSSR count). The number of aryl methyl sites for hydroxylation is 1. The van der Waals surface area contributed by atoms with Crippen LogP contribution in [0.5, 0.6) is 0 Å². The molecule has 0 aliphatic carbocycles. The van der Waals surface area contributed by atoms with Gasteiger partial charge in [-0.05, 0) is 27.4 Å². The molecule has 2 aromatic heterocycles. The number of nitrogens with one attached hydrogen (secondary N) is 2. The number of tetrazole rings is 1. The fourth-order valence-corrected chi connectivity index (χ4v) is 6.77. The fraction of sp³-hybridized carbons (Fsp3) is 0.400. The number of nitriles is 1. The molecule has 2 aromatic rings. The SMILES string of the molecule is CN(CC#N)C(=O)NC(C(=O)N[C@@H]1C(=O)N2C(C(=O)O)=C(CSc3nnnn3C)CSC12)c1cccs1. The number of amides is 4. The van der Waals surface area contributed by atoms with Crippen molar-refractivity contribution in [1.82, 2.24) is 40.6 Å². The minimum Gasteiger partial charge on any atom is -0.477 e. The van der Waals surface area contributed by atoms with E-state index < -0.39 is 41.3 Å². The summed E-state index contributed by atoms with van der Waals surface area (Å²) in [7, 11) is 3.09. The summed E-state index contributed by atoms with van der Waals surface area (Å²) in [5, 5.41) is 36.8. The van der Waals surface area contributed by atoms with Gasteiger partial charge in [0.05, 0.1) is 6.07 Å². The number of thiophene rings is 1. The Morgan fingerprint density at radius 3 is 2.84 bits per heavy atom. The highest BCUT2D eigenvalue weighted by Crippen LogP contribution is 2.41. The van der Waals surface area contributed by atoms with E-state index >= 15 is 0 Å². The van der Waals surface area contributed by atoms with E-state index in [2.05, 4.69) is 26.2 Å². The van der Waals surface area contributed by atoms with Crippen LogP contribution >= 0.6 is 34.9 Å². The van der Waals surface area contributed by atoms with E-state index in [9.17, 15) is 24.3 Å². The highest BCUT2D eigenvalue weighted by atomic mass is 32.2. The normalized spacial score (nSPS) is 19.4. The first kappa shape index (κ1) is 26.4. The molecule has 37 heavy (non-hydrogen) atoms. The summed E-state index contributed by atoms with van der Waals surface area (Å²) >= 11 is 3.85. The number of carbonyl (C=O) groups is 4. The van der Waals surface area contributed by atoms with Crippen LogP contribution in [0.4, 0.5) is 4.79 Å². The minimum atomic E-state index is -1.24. The van der Waals surface area contributed by atoms with Crippen molar-refractivity contribution in [3.05, 3.63) is 33.7 Å². The lowest BCUT2D eigenvalue weighted by Crippen LogP contribution is -2.71. The smallest absolute Gasteiger partial charge is 0.352 e. The van der Waals surface area contributed by atoms with Crippen LogP contribution in [0.15, 0.2) is 33.9 Å². The Hall–Kier alpha value is -3.62. The van der Waals surface area contributed by atoms with Crippen LogP contribution in [0.3, 0.4) is 0 Å². The van der Waals surface area contributed by atoms with Gasteiger partial charge >= 0.3 is 12.0 Å². The molecule has 4 heterocycles. The Kier molecular flexibility index (Phi) is 8.00. The molecule has 0 bridgehead atoms. The van der Waals surface area contributed by atoms with Gasteiger partial charge in [-0.1, -0.05) is 17.8 Å². The van der Waals surface area contributed by atoms with Gasteiger partial charge in [0.1, 0.15) is 29.7 Å². The molecule has 1 fully saturated rings. The summed E-state index contributed by atoms with van der Waals surface area (Å²) in [5.41, 5.74) is 0.437. The van der Waals surface area contributed by atoms with Gasteiger partial charge in [-0.3, -0.25) is 14.5 Å². The van der Waals surface area contributed by atoms with Crippen molar-refractivity contribution in [1.29, 1.82) is 5.26 Å². The number of urea groups is 1. The van der Waals surface area contributed by atoms with E-state index in [0.29, 0.717) is 21.4 Å². The fourth-order valence-electron chi connectivity index (χ4n) is 3.66. The number of thioether (sulfide) groups is 2. The highest BCUT2D eigenvalue weighted by molar-refractivity contribution is 8.01. The van der Waals surface area contributed by atoms with E-state index in [1.165, 1.54) is 51.5 Å². The number of carboxylic acid groups (broad SMARTS) is 1. The molecule has 194 valence electrons. The molecule has 17 heteroatoms. The first-order valence-corrected chi connectivity index (χ1v) is 13.6. The van der Waals surface area contributed by atoms with Gasteiger partial charge in [0, 0.05) is 30.5 Å². The molecule has 2 aliphatic rings. The van der Waals surface area contributed by atoms with Gasteiger partial charge in [0.2, 0.25) is 11.1 Å². The van der Waals surface area contributed by atoms with E-state index in [1.54, 1.807) is 24.6 Å². The van der Waals surface area contributed by atoms with E-state index in [4.69, 9.17) is 5.26 Å². The Bertz CT molecular complexity index is 1290. The molecule has 14 nitrogen and oxygen atoms in total. The molecular formula is C20H21N9O5S3. The third kappa shape index (κ3) is 5.40. The minimum absolute atomic E-state index is 0.108. The van der Waals surface area contributed by atoms with Crippen molar-refractivity contribution in [2.45, 2.75) is 22.6 Å². The van der Waals surface area contributed by atoms with Crippen molar-refractivity contribution in [3.8, 4) is 6.07 Å². The number of aromatic nitrogens is 4. The number of fused-ring (bicyclic) bond motifs is 1. The van der Waals surface area contributed by atoms with Crippen LogP contribution in [-0.4, -0.2) is 95.4 Å². The zero-order valence-corrected chi connectivity index (χ0v) is 22.0. The average Bonchev–Trinajstić information content (AvgIpc) is 3.55. The Morgan fingerprint density at radius 2 is 2.22 bits per heavy atom. The summed E-state index contributed by atoms with van der Waals surface area (Å²) in [6, 6.07) is 2.58. The van der Waals surface area contributed by atoms with Crippen molar-refractivity contribution < 1.29 is 24.3 Å². The third-order valence-corrected chi connectivity index (χ3v) is 8.89. The Balaban J connectivity index is 1.47. The van der Waals surface area contributed by atoms with Crippen LogP contribution in [0, 0.1) is 11.3 Å². The number of carbonyl (C=O) groups excluding carboxylic acids is 3. The lowest BCUT2D eigenvalue weighted by Gasteiger charge is -2.49. The summed E-state index contributed by atoms with van der Waals surface area (Å²) in [6.07, 6.45) is 0. The number of aliphatic carboxylic acids is 1. The molecule has 2 unspecified atom stereocenters. The molecular weight excluding hydrogens is 542 g/mol. The van der Waals surface area contributed by atoms with Crippen LogP contribution in [0.2, 0.25) is 0 Å².